The van der Waals surface area contributed by atoms with E-state index in [2.05, 4.69) is 83.4 Å². The van der Waals surface area contributed by atoms with Crippen LogP contribution in [0.1, 0.15) is 18.4 Å². The summed E-state index contributed by atoms with van der Waals surface area (Å²) in [6, 6.07) is 13.1. The van der Waals surface area contributed by atoms with Gasteiger partial charge >= 0.3 is 0 Å². The molecule has 1 aliphatic heterocycles. The first-order chi connectivity index (χ1) is 14.8. The number of ether oxygens (including phenoxy) is 1. The van der Waals surface area contributed by atoms with Crippen LogP contribution in [0.2, 0.25) is 0 Å². The minimum Gasteiger partial charge on any atom is -0.381 e. The highest BCUT2D eigenvalue weighted by Crippen LogP contribution is 2.25. The quantitative estimate of drug-likeness (QED) is 0.408. The molecule has 9 heteroatoms. The highest BCUT2D eigenvalue weighted by atomic mass is 79.9. The van der Waals surface area contributed by atoms with E-state index in [1.807, 2.05) is 0 Å². The maximum Gasteiger partial charge on any atom is 0.229 e. The van der Waals surface area contributed by atoms with Crippen molar-refractivity contribution in [2.45, 2.75) is 25.4 Å². The number of fused-ring (bicyclic) bond motifs is 1. The predicted molar refractivity (Wildman–Crippen MR) is 123 cm³/mol. The molecule has 5 rings (SSSR count). The Morgan fingerprint density at radius 2 is 1.97 bits per heavy atom. The van der Waals surface area contributed by atoms with E-state index in [0.29, 0.717) is 24.5 Å². The highest BCUT2D eigenvalue weighted by molar-refractivity contribution is 9.10. The third-order valence-corrected chi connectivity index (χ3v) is 6.57. The van der Waals surface area contributed by atoms with Crippen molar-refractivity contribution >= 4 is 44.8 Å². The van der Waals surface area contributed by atoms with Crippen molar-refractivity contribution in [1.82, 2.24) is 19.6 Å². The zero-order valence-corrected chi connectivity index (χ0v) is 18.6. The van der Waals surface area contributed by atoms with Crippen LogP contribution in [0.3, 0.4) is 0 Å². The van der Waals surface area contributed by atoms with E-state index in [1.54, 1.807) is 22.0 Å². The molecule has 1 aromatic carbocycles. The number of benzene rings is 1. The average Bonchev–Trinajstić information content (AvgIpc) is 3.44. The zero-order chi connectivity index (χ0) is 20.3. The lowest BCUT2D eigenvalue weighted by Gasteiger charge is -2.23. The summed E-state index contributed by atoms with van der Waals surface area (Å²) in [6.45, 7) is 2.18. The molecule has 7 nitrogen and oxygen atoms in total. The summed E-state index contributed by atoms with van der Waals surface area (Å²) in [4.78, 5) is 10.6. The largest absolute Gasteiger partial charge is 0.381 e. The number of rotatable bonds is 6. The second kappa shape index (κ2) is 8.71. The molecule has 2 N–H and O–H groups in total. The minimum absolute atomic E-state index is 0.320. The molecule has 1 fully saturated rings. The number of hydrogen-bond acceptors (Lipinski definition) is 7. The summed E-state index contributed by atoms with van der Waals surface area (Å²) in [7, 11) is 0. The molecule has 3 aromatic heterocycles. The number of halogens is 1. The van der Waals surface area contributed by atoms with E-state index in [-0.39, 0.29) is 0 Å². The second-order valence-electron chi connectivity index (χ2n) is 7.16. The van der Waals surface area contributed by atoms with Crippen molar-refractivity contribution in [1.29, 1.82) is 0 Å². The van der Waals surface area contributed by atoms with Gasteiger partial charge in [-0.1, -0.05) is 30.3 Å². The predicted octanol–water partition coefficient (Wildman–Crippen LogP) is 4.82. The molecule has 1 aliphatic rings. The zero-order valence-electron chi connectivity index (χ0n) is 16.2. The van der Waals surface area contributed by atoms with E-state index in [1.165, 1.54) is 16.0 Å². The number of hydrogen-bond donors (Lipinski definition) is 2. The van der Waals surface area contributed by atoms with Gasteiger partial charge in [0, 0.05) is 30.7 Å². The average molecular weight is 485 g/mol. The van der Waals surface area contributed by atoms with Gasteiger partial charge in [0.15, 0.2) is 5.65 Å². The monoisotopic (exact) mass is 484 g/mol. The lowest BCUT2D eigenvalue weighted by molar-refractivity contribution is 0.0903. The van der Waals surface area contributed by atoms with Crippen molar-refractivity contribution in [3.8, 4) is 10.4 Å². The Hall–Kier alpha value is -2.49. The SMILES string of the molecule is Brc1cnn2c(NCc3ccc(-c4cccs4)cc3)nc(NC3CCOCC3)nc12. The molecular weight excluding hydrogens is 464 g/mol. The van der Waals surface area contributed by atoms with Gasteiger partial charge < -0.3 is 15.4 Å². The van der Waals surface area contributed by atoms with Gasteiger partial charge in [-0.3, -0.25) is 0 Å². The number of nitrogens with zero attached hydrogens (tertiary/aromatic N) is 4. The number of anilines is 2. The molecule has 0 amide bonds. The second-order valence-corrected chi connectivity index (χ2v) is 8.96. The van der Waals surface area contributed by atoms with Gasteiger partial charge in [-0.05, 0) is 51.3 Å². The van der Waals surface area contributed by atoms with Crippen molar-refractivity contribution in [3.05, 3.63) is 58.0 Å². The van der Waals surface area contributed by atoms with E-state index >= 15 is 0 Å². The van der Waals surface area contributed by atoms with Gasteiger partial charge in [-0.15, -0.1) is 11.3 Å². The summed E-state index contributed by atoms with van der Waals surface area (Å²) in [6.07, 6.45) is 3.64. The van der Waals surface area contributed by atoms with Crippen LogP contribution in [-0.4, -0.2) is 38.8 Å². The summed E-state index contributed by atoms with van der Waals surface area (Å²) < 4.78 is 8.00. The van der Waals surface area contributed by atoms with Gasteiger partial charge in [0.05, 0.1) is 10.7 Å². The third-order valence-electron chi connectivity index (χ3n) is 5.09. The van der Waals surface area contributed by atoms with Crippen LogP contribution < -0.4 is 10.6 Å². The fourth-order valence-corrected chi connectivity index (χ4v) is 4.55. The van der Waals surface area contributed by atoms with Crippen LogP contribution in [0.5, 0.6) is 0 Å². The maximum absolute atomic E-state index is 5.44. The van der Waals surface area contributed by atoms with Gasteiger partial charge in [0.25, 0.3) is 0 Å². The van der Waals surface area contributed by atoms with E-state index < -0.39 is 0 Å². The van der Waals surface area contributed by atoms with Gasteiger partial charge in [0.2, 0.25) is 11.9 Å². The van der Waals surface area contributed by atoms with E-state index in [4.69, 9.17) is 4.74 Å². The fourth-order valence-electron chi connectivity index (χ4n) is 3.47. The topological polar surface area (TPSA) is 76.4 Å². The molecule has 0 unspecified atom stereocenters. The number of aromatic nitrogens is 4. The third kappa shape index (κ3) is 4.19. The first-order valence-corrected chi connectivity index (χ1v) is 11.6. The van der Waals surface area contributed by atoms with Crippen LogP contribution in [0.25, 0.3) is 16.1 Å². The number of thiophene rings is 1. The van der Waals surface area contributed by atoms with Crippen LogP contribution in [0.15, 0.2) is 52.4 Å². The molecule has 0 radical (unpaired) electrons. The van der Waals surface area contributed by atoms with Crippen LogP contribution in [0, 0.1) is 0 Å². The van der Waals surface area contributed by atoms with E-state index in [9.17, 15) is 0 Å². The summed E-state index contributed by atoms with van der Waals surface area (Å²) in [5, 5.41) is 13.4. The molecule has 154 valence electrons. The Morgan fingerprint density at radius 3 is 2.73 bits per heavy atom. The van der Waals surface area contributed by atoms with E-state index in [0.717, 1.165) is 36.2 Å². The fraction of sp³-hybridized carbons (Fsp3) is 0.286. The molecule has 0 spiro atoms. The van der Waals surface area contributed by atoms with Gasteiger partial charge in [-0.25, -0.2) is 0 Å². The Balaban J connectivity index is 1.35. The van der Waals surface area contributed by atoms with Crippen molar-refractivity contribution < 1.29 is 4.74 Å². The molecule has 0 bridgehead atoms. The Labute approximate surface area is 186 Å². The van der Waals surface area contributed by atoms with Crippen molar-refractivity contribution in [3.63, 3.8) is 0 Å². The van der Waals surface area contributed by atoms with Crippen LogP contribution >= 0.6 is 27.3 Å². The Morgan fingerprint density at radius 1 is 1.13 bits per heavy atom. The minimum atomic E-state index is 0.320. The molecule has 30 heavy (non-hydrogen) atoms. The molecule has 0 saturated carbocycles. The standard InChI is InChI=1S/C21H21BrN6OS/c22-17-13-24-28-19(17)26-20(25-16-7-9-29-10-8-16)27-21(28)23-12-14-3-5-15(6-4-14)18-2-1-11-30-18/h1-6,11,13,16H,7-10,12H2,(H2,23,25,26,27). The molecule has 0 atom stereocenters. The highest BCUT2D eigenvalue weighted by Gasteiger charge is 2.17. The normalized spacial score (nSPS) is 14.8. The van der Waals surface area contributed by atoms with Gasteiger partial charge in [-0.2, -0.15) is 19.6 Å². The lowest BCUT2D eigenvalue weighted by Crippen LogP contribution is -2.29. The Kier molecular flexibility index (Phi) is 5.65. The number of nitrogens with one attached hydrogen (secondary N) is 2. The molecule has 4 aromatic rings. The van der Waals surface area contributed by atoms with Crippen LogP contribution in [0.4, 0.5) is 11.9 Å². The summed E-state index contributed by atoms with van der Waals surface area (Å²) in [5.74, 6) is 1.26. The Bertz CT molecular complexity index is 1120. The molecular formula is C21H21BrN6OS. The van der Waals surface area contributed by atoms with Gasteiger partial charge in [0.1, 0.15) is 0 Å². The molecule has 4 heterocycles. The first-order valence-electron chi connectivity index (χ1n) is 9.88. The summed E-state index contributed by atoms with van der Waals surface area (Å²) >= 11 is 5.28. The summed E-state index contributed by atoms with van der Waals surface area (Å²) in [5.41, 5.74) is 3.14. The molecule has 1 saturated heterocycles. The smallest absolute Gasteiger partial charge is 0.229 e. The first kappa shape index (κ1) is 19.5. The van der Waals surface area contributed by atoms with Crippen molar-refractivity contribution in [2.75, 3.05) is 23.8 Å². The maximum atomic E-state index is 5.44. The molecule has 0 aliphatic carbocycles. The van der Waals surface area contributed by atoms with Crippen LogP contribution in [-0.2, 0) is 11.3 Å². The van der Waals surface area contributed by atoms with Crippen molar-refractivity contribution in [2.24, 2.45) is 0 Å². The lowest BCUT2D eigenvalue weighted by atomic mass is 10.1.